The van der Waals surface area contributed by atoms with Gasteiger partial charge in [0.15, 0.2) is 5.84 Å². The molecule has 0 bridgehead atoms. The van der Waals surface area contributed by atoms with Gasteiger partial charge in [0, 0.05) is 18.7 Å². The molecule has 1 rings (SSSR count). The molecule has 0 amide bonds. The van der Waals surface area contributed by atoms with Crippen LogP contribution in [0.2, 0.25) is 0 Å². The monoisotopic (exact) mass is 237 g/mol. The summed E-state index contributed by atoms with van der Waals surface area (Å²) in [5.74, 6) is 0.110. The van der Waals surface area contributed by atoms with Crippen molar-refractivity contribution in [1.82, 2.24) is 4.90 Å². The highest BCUT2D eigenvalue weighted by Crippen LogP contribution is 2.07. The van der Waals surface area contributed by atoms with E-state index in [0.717, 1.165) is 18.7 Å². The molecule has 0 unspecified atom stereocenters. The highest BCUT2D eigenvalue weighted by Gasteiger charge is 2.04. The van der Waals surface area contributed by atoms with Gasteiger partial charge >= 0.3 is 0 Å². The van der Waals surface area contributed by atoms with Crippen LogP contribution in [-0.4, -0.2) is 40.7 Å². The van der Waals surface area contributed by atoms with Crippen LogP contribution in [0.3, 0.4) is 0 Å². The maximum absolute atomic E-state index is 8.89. The van der Waals surface area contributed by atoms with Gasteiger partial charge < -0.3 is 16.0 Å². The summed E-state index contributed by atoms with van der Waals surface area (Å²) < 4.78 is 0. The van der Waals surface area contributed by atoms with Crippen LogP contribution in [0.4, 0.5) is 0 Å². The second-order valence-electron chi connectivity index (χ2n) is 3.77. The maximum atomic E-state index is 8.89. The largest absolute Gasteiger partial charge is 0.409 e. The Morgan fingerprint density at radius 2 is 2.00 bits per heavy atom. The molecule has 0 saturated carbocycles. The number of amidine groups is 1. The van der Waals surface area contributed by atoms with Gasteiger partial charge in [0.2, 0.25) is 0 Å². The second kappa shape index (κ2) is 6.88. The van der Waals surface area contributed by atoms with E-state index in [9.17, 15) is 0 Å². The predicted molar refractivity (Wildman–Crippen MR) is 67.0 cm³/mol. The van der Waals surface area contributed by atoms with Crippen molar-refractivity contribution in [3.8, 4) is 0 Å². The molecule has 5 heteroatoms. The van der Waals surface area contributed by atoms with Crippen LogP contribution in [-0.2, 0) is 6.54 Å². The Bertz CT molecular complexity index is 363. The third-order valence-corrected chi connectivity index (χ3v) is 2.63. The van der Waals surface area contributed by atoms with E-state index in [1.54, 1.807) is 0 Å². The van der Waals surface area contributed by atoms with Crippen LogP contribution >= 0.6 is 0 Å². The average molecular weight is 237 g/mol. The van der Waals surface area contributed by atoms with Crippen LogP contribution in [0, 0.1) is 0 Å². The molecular weight excluding hydrogens is 218 g/mol. The van der Waals surface area contributed by atoms with Crippen LogP contribution in [0.1, 0.15) is 18.1 Å². The van der Waals surface area contributed by atoms with Gasteiger partial charge in [0.25, 0.3) is 0 Å². The first-order valence-electron chi connectivity index (χ1n) is 5.61. The van der Waals surface area contributed by atoms with Gasteiger partial charge in [-0.05, 0) is 12.1 Å². The van der Waals surface area contributed by atoms with Gasteiger partial charge in [-0.2, -0.15) is 0 Å². The topological polar surface area (TPSA) is 82.1 Å². The van der Waals surface area contributed by atoms with Crippen molar-refractivity contribution in [3.63, 3.8) is 0 Å². The Morgan fingerprint density at radius 1 is 1.35 bits per heavy atom. The number of aliphatic hydroxyl groups excluding tert-OH is 1. The summed E-state index contributed by atoms with van der Waals surface area (Å²) in [6, 6.07) is 7.51. The minimum Gasteiger partial charge on any atom is -0.409 e. The zero-order valence-electron chi connectivity index (χ0n) is 10.0. The third kappa shape index (κ3) is 4.05. The minimum absolute atomic E-state index is 0.110. The number of hydrogen-bond donors (Lipinski definition) is 3. The van der Waals surface area contributed by atoms with Gasteiger partial charge in [0.1, 0.15) is 0 Å². The highest BCUT2D eigenvalue weighted by atomic mass is 16.4. The summed E-state index contributed by atoms with van der Waals surface area (Å²) in [5.41, 5.74) is 7.31. The van der Waals surface area contributed by atoms with Crippen molar-refractivity contribution in [2.45, 2.75) is 13.5 Å². The molecule has 94 valence electrons. The lowest BCUT2D eigenvalue weighted by atomic mass is 10.1. The van der Waals surface area contributed by atoms with Crippen LogP contribution in [0.25, 0.3) is 0 Å². The van der Waals surface area contributed by atoms with Gasteiger partial charge in [-0.1, -0.05) is 36.3 Å². The molecule has 0 fully saturated rings. The number of nitrogens with two attached hydrogens (primary N) is 1. The van der Waals surface area contributed by atoms with E-state index in [0.29, 0.717) is 12.1 Å². The van der Waals surface area contributed by atoms with Gasteiger partial charge in [-0.15, -0.1) is 0 Å². The number of likely N-dealkylation sites (N-methyl/N-ethyl adjacent to an activating group) is 1. The molecule has 0 aliphatic rings. The van der Waals surface area contributed by atoms with E-state index in [-0.39, 0.29) is 12.4 Å². The average Bonchev–Trinajstić information content (AvgIpc) is 2.38. The Kier molecular flexibility index (Phi) is 5.45. The number of benzene rings is 1. The molecule has 17 heavy (non-hydrogen) atoms. The lowest BCUT2D eigenvalue weighted by molar-refractivity contribution is 0.197. The summed E-state index contributed by atoms with van der Waals surface area (Å²) in [5, 5.41) is 20.4. The van der Waals surface area contributed by atoms with Crippen LogP contribution in [0.5, 0.6) is 0 Å². The molecular formula is C12H19N3O2. The second-order valence-corrected chi connectivity index (χ2v) is 3.77. The molecule has 0 aliphatic heterocycles. The normalized spacial score (nSPS) is 12.1. The lowest BCUT2D eigenvalue weighted by Gasteiger charge is -2.19. The fraction of sp³-hybridized carbons (Fsp3) is 0.417. The third-order valence-electron chi connectivity index (χ3n) is 2.63. The highest BCUT2D eigenvalue weighted by molar-refractivity contribution is 5.96. The van der Waals surface area contributed by atoms with Crippen molar-refractivity contribution in [2.24, 2.45) is 10.9 Å². The Hall–Kier alpha value is -1.59. The predicted octanol–water partition coefficient (Wildman–Crippen LogP) is 0.595. The molecule has 0 radical (unpaired) electrons. The van der Waals surface area contributed by atoms with E-state index in [1.807, 2.05) is 24.3 Å². The fourth-order valence-electron chi connectivity index (χ4n) is 1.59. The zero-order valence-corrected chi connectivity index (χ0v) is 10.0. The van der Waals surface area contributed by atoms with E-state index >= 15 is 0 Å². The molecule has 1 aromatic rings. The van der Waals surface area contributed by atoms with E-state index < -0.39 is 0 Å². The van der Waals surface area contributed by atoms with Crippen molar-refractivity contribution < 1.29 is 10.3 Å². The standard InChI is InChI=1S/C12H19N3O2/c1-2-15(7-8-16)9-10-3-5-11(6-4-10)12(13)14-17/h3-6,16-17H,2,7-9H2,1H3,(H2,13,14). The SMILES string of the molecule is CCN(CCO)Cc1ccc(/C(N)=N/O)cc1. The summed E-state index contributed by atoms with van der Waals surface area (Å²) in [7, 11) is 0. The Balaban J connectivity index is 2.67. The summed E-state index contributed by atoms with van der Waals surface area (Å²) in [6.45, 7) is 4.56. The lowest BCUT2D eigenvalue weighted by Crippen LogP contribution is -2.26. The molecule has 0 aliphatic carbocycles. The van der Waals surface area contributed by atoms with Gasteiger partial charge in [-0.3, -0.25) is 4.90 Å². The Morgan fingerprint density at radius 3 is 2.47 bits per heavy atom. The first-order chi connectivity index (χ1) is 8.21. The van der Waals surface area contributed by atoms with Crippen molar-refractivity contribution in [2.75, 3.05) is 19.7 Å². The van der Waals surface area contributed by atoms with E-state index in [1.165, 1.54) is 0 Å². The number of nitrogens with zero attached hydrogens (tertiary/aromatic N) is 2. The van der Waals surface area contributed by atoms with Gasteiger partial charge in [0.05, 0.1) is 6.61 Å². The Labute approximate surface area is 101 Å². The first kappa shape index (κ1) is 13.5. The fourth-order valence-corrected chi connectivity index (χ4v) is 1.59. The number of oxime groups is 1. The maximum Gasteiger partial charge on any atom is 0.170 e. The van der Waals surface area contributed by atoms with Crippen molar-refractivity contribution >= 4 is 5.84 Å². The van der Waals surface area contributed by atoms with Gasteiger partial charge in [-0.25, -0.2) is 0 Å². The molecule has 1 aromatic carbocycles. The van der Waals surface area contributed by atoms with Crippen LogP contribution in [0.15, 0.2) is 29.4 Å². The first-order valence-corrected chi connectivity index (χ1v) is 5.61. The smallest absolute Gasteiger partial charge is 0.170 e. The molecule has 0 spiro atoms. The van der Waals surface area contributed by atoms with Crippen molar-refractivity contribution in [3.05, 3.63) is 35.4 Å². The van der Waals surface area contributed by atoms with E-state index in [4.69, 9.17) is 16.0 Å². The zero-order chi connectivity index (χ0) is 12.7. The molecule has 4 N–H and O–H groups in total. The number of rotatable bonds is 6. The number of hydrogen-bond acceptors (Lipinski definition) is 4. The molecule has 5 nitrogen and oxygen atoms in total. The quantitative estimate of drug-likeness (QED) is 0.293. The van der Waals surface area contributed by atoms with E-state index in [2.05, 4.69) is 17.0 Å². The molecule has 0 atom stereocenters. The molecule has 0 saturated heterocycles. The summed E-state index contributed by atoms with van der Waals surface area (Å²) in [4.78, 5) is 2.14. The molecule has 0 aromatic heterocycles. The summed E-state index contributed by atoms with van der Waals surface area (Å²) in [6.07, 6.45) is 0. The minimum atomic E-state index is 0.110. The summed E-state index contributed by atoms with van der Waals surface area (Å²) >= 11 is 0. The van der Waals surface area contributed by atoms with Crippen LogP contribution < -0.4 is 5.73 Å². The molecule has 0 heterocycles. The van der Waals surface area contributed by atoms with Crippen molar-refractivity contribution in [1.29, 1.82) is 0 Å². The number of aliphatic hydroxyl groups is 1.